The second-order valence-corrected chi connectivity index (χ2v) is 5.07. The van der Waals surface area contributed by atoms with E-state index < -0.39 is 11.0 Å². The molecule has 0 aliphatic rings. The minimum Gasteiger partial charge on any atom is -0.481 e. The second-order valence-electron chi connectivity index (χ2n) is 5.07. The van der Waals surface area contributed by atoms with Crippen LogP contribution in [-0.4, -0.2) is 16.9 Å². The lowest BCUT2D eigenvalue weighted by Crippen LogP contribution is -2.32. The average molecular weight is 314 g/mol. The molecule has 0 fully saturated rings. The summed E-state index contributed by atoms with van der Waals surface area (Å²) in [7, 11) is 0. The second kappa shape index (κ2) is 7.40. The number of nitro groups is 1. The Morgan fingerprint density at radius 2 is 1.96 bits per heavy atom. The number of nitrogens with one attached hydrogen (secondary N) is 1. The molecule has 0 saturated carbocycles. The number of benzene rings is 2. The first-order valence-corrected chi connectivity index (χ1v) is 7.29. The topological polar surface area (TPSA) is 81.5 Å². The fraction of sp³-hybridized carbons (Fsp3) is 0.235. The smallest absolute Gasteiger partial charge is 0.271 e. The lowest BCUT2D eigenvalue weighted by Gasteiger charge is -2.18. The van der Waals surface area contributed by atoms with Gasteiger partial charge in [0, 0.05) is 12.1 Å². The lowest BCUT2D eigenvalue weighted by molar-refractivity contribution is -0.384. The first kappa shape index (κ1) is 16.5. The van der Waals surface area contributed by atoms with Gasteiger partial charge in [0.1, 0.15) is 5.75 Å². The van der Waals surface area contributed by atoms with Crippen molar-refractivity contribution >= 4 is 17.3 Å². The highest BCUT2D eigenvalue weighted by Crippen LogP contribution is 2.22. The Bertz CT molecular complexity index is 701. The molecule has 0 radical (unpaired) electrons. The molecular formula is C17H18N2O4. The van der Waals surface area contributed by atoms with Gasteiger partial charge in [0.25, 0.3) is 11.6 Å². The summed E-state index contributed by atoms with van der Waals surface area (Å²) in [6.45, 7) is 3.62. The number of para-hydroxylation sites is 1. The van der Waals surface area contributed by atoms with Crippen molar-refractivity contribution in [1.29, 1.82) is 0 Å². The number of carbonyl (C=O) groups is 1. The number of ether oxygens (including phenoxy) is 1. The van der Waals surface area contributed by atoms with E-state index in [4.69, 9.17) is 4.74 Å². The number of hydrogen-bond donors (Lipinski definition) is 1. The van der Waals surface area contributed by atoms with Crippen LogP contribution in [0, 0.1) is 17.0 Å². The van der Waals surface area contributed by atoms with Gasteiger partial charge < -0.3 is 10.1 Å². The maximum absolute atomic E-state index is 12.4. The summed E-state index contributed by atoms with van der Waals surface area (Å²) in [5.41, 5.74) is 1.10. The number of anilines is 1. The first-order chi connectivity index (χ1) is 11.0. The van der Waals surface area contributed by atoms with Crippen LogP contribution < -0.4 is 10.1 Å². The summed E-state index contributed by atoms with van der Waals surface area (Å²) in [4.78, 5) is 22.7. The normalized spacial score (nSPS) is 11.6. The van der Waals surface area contributed by atoms with Crippen LogP contribution in [0.2, 0.25) is 0 Å². The Kier molecular flexibility index (Phi) is 5.30. The zero-order valence-corrected chi connectivity index (χ0v) is 13.0. The highest BCUT2D eigenvalue weighted by molar-refractivity contribution is 5.95. The standard InChI is InChI=1S/C17H18N2O4/c1-3-16(23-14-7-5-4-6-8-14)17(20)18-15-11-13(19(21)22)10-9-12(15)2/h4-11,16H,3H2,1-2H3,(H,18,20). The molecule has 2 aromatic rings. The molecule has 1 amide bonds. The largest absolute Gasteiger partial charge is 0.481 e. The average Bonchev–Trinajstić information content (AvgIpc) is 2.55. The van der Waals surface area contributed by atoms with Crippen LogP contribution in [0.4, 0.5) is 11.4 Å². The molecule has 120 valence electrons. The maximum Gasteiger partial charge on any atom is 0.271 e. The molecule has 0 bridgehead atoms. The van der Waals surface area contributed by atoms with E-state index in [0.717, 1.165) is 5.56 Å². The zero-order chi connectivity index (χ0) is 16.8. The first-order valence-electron chi connectivity index (χ1n) is 7.29. The molecular weight excluding hydrogens is 296 g/mol. The molecule has 1 unspecified atom stereocenters. The van der Waals surface area contributed by atoms with Crippen LogP contribution >= 0.6 is 0 Å². The summed E-state index contributed by atoms with van der Waals surface area (Å²) in [6, 6.07) is 13.4. The van der Waals surface area contributed by atoms with Gasteiger partial charge in [-0.3, -0.25) is 14.9 Å². The van der Waals surface area contributed by atoms with Crippen molar-refractivity contribution in [2.24, 2.45) is 0 Å². The Morgan fingerprint density at radius 3 is 2.57 bits per heavy atom. The highest BCUT2D eigenvalue weighted by Gasteiger charge is 2.20. The molecule has 0 heterocycles. The maximum atomic E-state index is 12.4. The fourth-order valence-electron chi connectivity index (χ4n) is 2.06. The SMILES string of the molecule is CCC(Oc1ccccc1)C(=O)Nc1cc([N+](=O)[O-])ccc1C. The summed E-state index contributed by atoms with van der Waals surface area (Å²) >= 11 is 0. The molecule has 0 aromatic heterocycles. The number of amides is 1. The van der Waals surface area contributed by atoms with Crippen LogP contribution in [0.3, 0.4) is 0 Å². The minimum atomic E-state index is -0.670. The number of carbonyl (C=O) groups excluding carboxylic acids is 1. The Morgan fingerprint density at radius 1 is 1.26 bits per heavy atom. The van der Waals surface area contributed by atoms with Crippen molar-refractivity contribution in [2.75, 3.05) is 5.32 Å². The van der Waals surface area contributed by atoms with Crippen molar-refractivity contribution in [3.05, 3.63) is 64.2 Å². The third kappa shape index (κ3) is 4.29. The molecule has 0 aliphatic carbocycles. The molecule has 6 nitrogen and oxygen atoms in total. The number of non-ortho nitro benzene ring substituents is 1. The van der Waals surface area contributed by atoms with Crippen molar-refractivity contribution in [1.82, 2.24) is 0 Å². The van der Waals surface area contributed by atoms with E-state index in [9.17, 15) is 14.9 Å². The molecule has 6 heteroatoms. The molecule has 2 rings (SSSR count). The van der Waals surface area contributed by atoms with E-state index in [0.29, 0.717) is 17.9 Å². The molecule has 23 heavy (non-hydrogen) atoms. The van der Waals surface area contributed by atoms with Gasteiger partial charge in [0.05, 0.1) is 10.6 Å². The van der Waals surface area contributed by atoms with Gasteiger partial charge in [-0.25, -0.2) is 0 Å². The Balaban J connectivity index is 2.13. The monoisotopic (exact) mass is 314 g/mol. The van der Waals surface area contributed by atoms with Crippen LogP contribution in [-0.2, 0) is 4.79 Å². The van der Waals surface area contributed by atoms with E-state index in [1.807, 2.05) is 25.1 Å². The summed E-state index contributed by atoms with van der Waals surface area (Å²) < 4.78 is 5.67. The molecule has 0 spiro atoms. The van der Waals surface area contributed by atoms with Gasteiger partial charge in [-0.2, -0.15) is 0 Å². The third-order valence-electron chi connectivity index (χ3n) is 3.37. The molecule has 0 aliphatic heterocycles. The predicted octanol–water partition coefficient (Wildman–Crippen LogP) is 3.70. The number of nitrogens with zero attached hydrogens (tertiary/aromatic N) is 1. The Hall–Kier alpha value is -2.89. The zero-order valence-electron chi connectivity index (χ0n) is 13.0. The van der Waals surface area contributed by atoms with E-state index in [1.165, 1.54) is 12.1 Å². The summed E-state index contributed by atoms with van der Waals surface area (Å²) in [6.07, 6.45) is -0.189. The van der Waals surface area contributed by atoms with Crippen LogP contribution in [0.1, 0.15) is 18.9 Å². The van der Waals surface area contributed by atoms with Crippen LogP contribution in [0.5, 0.6) is 5.75 Å². The van der Waals surface area contributed by atoms with Crippen molar-refractivity contribution in [2.45, 2.75) is 26.4 Å². The number of aryl methyl sites for hydroxylation is 1. The minimum absolute atomic E-state index is 0.0667. The van der Waals surface area contributed by atoms with Gasteiger partial charge in [-0.05, 0) is 31.0 Å². The van der Waals surface area contributed by atoms with Gasteiger partial charge >= 0.3 is 0 Å². The van der Waals surface area contributed by atoms with Crippen LogP contribution in [0.15, 0.2) is 48.5 Å². The summed E-state index contributed by atoms with van der Waals surface area (Å²) in [5.74, 6) is 0.269. The van der Waals surface area contributed by atoms with Crippen LogP contribution in [0.25, 0.3) is 0 Å². The van der Waals surface area contributed by atoms with Crippen molar-refractivity contribution in [3.63, 3.8) is 0 Å². The lowest BCUT2D eigenvalue weighted by atomic mass is 10.1. The van der Waals surface area contributed by atoms with Gasteiger partial charge in [-0.1, -0.05) is 31.2 Å². The Labute approximate surface area is 134 Å². The fourth-order valence-corrected chi connectivity index (χ4v) is 2.06. The predicted molar refractivity (Wildman–Crippen MR) is 87.6 cm³/mol. The van der Waals surface area contributed by atoms with E-state index in [-0.39, 0.29) is 11.6 Å². The molecule has 1 atom stereocenters. The van der Waals surface area contributed by atoms with E-state index in [2.05, 4.69) is 5.32 Å². The quantitative estimate of drug-likeness (QED) is 0.651. The van der Waals surface area contributed by atoms with Crippen molar-refractivity contribution in [3.8, 4) is 5.75 Å². The van der Waals surface area contributed by atoms with Gasteiger partial charge in [-0.15, -0.1) is 0 Å². The number of nitro benzene ring substituents is 1. The number of rotatable bonds is 6. The van der Waals surface area contributed by atoms with Gasteiger partial charge in [0.15, 0.2) is 6.10 Å². The number of hydrogen-bond acceptors (Lipinski definition) is 4. The third-order valence-corrected chi connectivity index (χ3v) is 3.37. The van der Waals surface area contributed by atoms with Crippen molar-refractivity contribution < 1.29 is 14.5 Å². The van der Waals surface area contributed by atoms with Gasteiger partial charge in [0.2, 0.25) is 0 Å². The molecule has 2 aromatic carbocycles. The molecule has 1 N–H and O–H groups in total. The molecule has 0 saturated heterocycles. The summed E-state index contributed by atoms with van der Waals surface area (Å²) in [5, 5.41) is 13.6. The van der Waals surface area contributed by atoms with E-state index >= 15 is 0 Å². The highest BCUT2D eigenvalue weighted by atomic mass is 16.6. The van der Waals surface area contributed by atoms with E-state index in [1.54, 1.807) is 25.1 Å².